The van der Waals surface area contributed by atoms with Crippen LogP contribution in [-0.2, 0) is 13.0 Å². The van der Waals surface area contributed by atoms with E-state index in [1.54, 1.807) is 31.3 Å². The Balaban J connectivity index is 0.00000392. The number of nitrogens with zero attached hydrogens (tertiary/aromatic N) is 1. The van der Waals surface area contributed by atoms with Gasteiger partial charge < -0.3 is 20.1 Å². The van der Waals surface area contributed by atoms with E-state index in [1.807, 2.05) is 0 Å². The molecule has 0 spiro atoms. The van der Waals surface area contributed by atoms with Gasteiger partial charge in [0.25, 0.3) is 0 Å². The predicted octanol–water partition coefficient (Wildman–Crippen LogP) is 3.96. The average molecular weight is 509 g/mol. The number of halogens is 4. The van der Waals surface area contributed by atoms with Gasteiger partial charge >= 0.3 is 6.61 Å². The Morgan fingerprint density at radius 3 is 2.43 bits per heavy atom. The van der Waals surface area contributed by atoms with Gasteiger partial charge in [-0.1, -0.05) is 12.1 Å². The topological polar surface area (TPSA) is 54.9 Å². The molecule has 0 bridgehead atoms. The Morgan fingerprint density at radius 1 is 1.11 bits per heavy atom. The normalized spacial score (nSPS) is 11.0. The molecule has 0 aromatic heterocycles. The summed E-state index contributed by atoms with van der Waals surface area (Å²) in [5.41, 5.74) is 1.50. The molecule has 0 atom stereocenters. The molecule has 0 aliphatic rings. The van der Waals surface area contributed by atoms with Crippen LogP contribution in [-0.4, -0.2) is 33.3 Å². The first-order valence-electron chi connectivity index (χ1n) is 8.32. The molecule has 0 fully saturated rings. The number of methoxy groups -OCH3 is 1. The number of nitrogens with one attached hydrogen (secondary N) is 2. The molecule has 0 saturated heterocycles. The fraction of sp³-hybridized carbons (Fsp3) is 0.316. The number of alkyl halides is 2. The van der Waals surface area contributed by atoms with Crippen LogP contribution in [0.5, 0.6) is 11.5 Å². The van der Waals surface area contributed by atoms with Gasteiger partial charge in [0.05, 0.1) is 7.11 Å². The van der Waals surface area contributed by atoms with Gasteiger partial charge in [0, 0.05) is 25.7 Å². The Morgan fingerprint density at radius 2 is 1.82 bits per heavy atom. The molecule has 0 unspecified atom stereocenters. The summed E-state index contributed by atoms with van der Waals surface area (Å²) >= 11 is 0. The third-order valence-corrected chi connectivity index (χ3v) is 3.77. The van der Waals surface area contributed by atoms with E-state index in [4.69, 9.17) is 4.74 Å². The summed E-state index contributed by atoms with van der Waals surface area (Å²) in [6, 6.07) is 10.9. The predicted molar refractivity (Wildman–Crippen MR) is 113 cm³/mol. The Bertz CT molecular complexity index is 759. The van der Waals surface area contributed by atoms with Gasteiger partial charge in [-0.05, 0) is 42.3 Å². The monoisotopic (exact) mass is 509 g/mol. The molecule has 0 heterocycles. The van der Waals surface area contributed by atoms with Crippen LogP contribution in [0, 0.1) is 5.82 Å². The highest BCUT2D eigenvalue weighted by Crippen LogP contribution is 2.25. The fourth-order valence-corrected chi connectivity index (χ4v) is 2.41. The van der Waals surface area contributed by atoms with Crippen LogP contribution >= 0.6 is 24.0 Å². The maximum absolute atomic E-state index is 12.9. The molecule has 154 valence electrons. The molecule has 2 N–H and O–H groups in total. The van der Waals surface area contributed by atoms with Gasteiger partial charge in [-0.2, -0.15) is 8.78 Å². The van der Waals surface area contributed by atoms with Crippen LogP contribution in [0.2, 0.25) is 0 Å². The zero-order valence-electron chi connectivity index (χ0n) is 15.5. The van der Waals surface area contributed by atoms with Gasteiger partial charge in [0.2, 0.25) is 0 Å². The minimum Gasteiger partial charge on any atom is -0.497 e. The Labute approximate surface area is 179 Å². The molecule has 2 aromatic rings. The summed E-state index contributed by atoms with van der Waals surface area (Å²) in [4.78, 5) is 4.10. The summed E-state index contributed by atoms with van der Waals surface area (Å²) in [6.45, 7) is -2.12. The van der Waals surface area contributed by atoms with Gasteiger partial charge in [-0.25, -0.2) is 4.39 Å². The van der Waals surface area contributed by atoms with Gasteiger partial charge in [-0.15, -0.1) is 24.0 Å². The van der Waals surface area contributed by atoms with Crippen molar-refractivity contribution < 1.29 is 22.6 Å². The van der Waals surface area contributed by atoms with Crippen molar-refractivity contribution in [1.29, 1.82) is 0 Å². The maximum atomic E-state index is 12.9. The van der Waals surface area contributed by atoms with Crippen molar-refractivity contribution in [3.8, 4) is 11.5 Å². The number of aliphatic imine (C=N–C) groups is 1. The summed E-state index contributed by atoms with van der Waals surface area (Å²) in [7, 11) is 3.10. The Kier molecular flexibility index (Phi) is 10.5. The second kappa shape index (κ2) is 12.3. The second-order valence-electron chi connectivity index (χ2n) is 5.58. The lowest BCUT2D eigenvalue weighted by atomic mass is 10.1. The molecular formula is C19H23F3IN3O2. The van der Waals surface area contributed by atoms with Crippen LogP contribution in [0.15, 0.2) is 47.5 Å². The van der Waals surface area contributed by atoms with E-state index in [0.717, 1.165) is 5.56 Å². The van der Waals surface area contributed by atoms with Gasteiger partial charge in [0.1, 0.15) is 17.3 Å². The van der Waals surface area contributed by atoms with E-state index < -0.39 is 6.61 Å². The lowest BCUT2D eigenvalue weighted by Gasteiger charge is -2.15. The van der Waals surface area contributed by atoms with Crippen LogP contribution in [0.25, 0.3) is 0 Å². The van der Waals surface area contributed by atoms with Crippen LogP contribution in [0.1, 0.15) is 11.1 Å². The highest BCUT2D eigenvalue weighted by molar-refractivity contribution is 14.0. The minimum atomic E-state index is -2.91. The molecule has 0 aliphatic heterocycles. The summed E-state index contributed by atoms with van der Waals surface area (Å²) in [5, 5.41) is 6.16. The minimum absolute atomic E-state index is 0. The van der Waals surface area contributed by atoms with Crippen molar-refractivity contribution in [1.82, 2.24) is 10.6 Å². The fourth-order valence-electron chi connectivity index (χ4n) is 2.41. The average Bonchev–Trinajstić information content (AvgIpc) is 2.66. The molecular weight excluding hydrogens is 486 g/mol. The maximum Gasteiger partial charge on any atom is 0.387 e. The largest absolute Gasteiger partial charge is 0.497 e. The highest BCUT2D eigenvalue weighted by atomic mass is 127. The molecule has 0 radical (unpaired) electrons. The molecule has 2 rings (SSSR count). The van der Waals surface area contributed by atoms with E-state index in [9.17, 15) is 13.2 Å². The number of benzene rings is 2. The lowest BCUT2D eigenvalue weighted by molar-refractivity contribution is -0.0504. The van der Waals surface area contributed by atoms with Crippen molar-refractivity contribution in [3.05, 3.63) is 59.4 Å². The number of hydrogen-bond acceptors (Lipinski definition) is 3. The van der Waals surface area contributed by atoms with Gasteiger partial charge in [0.15, 0.2) is 5.96 Å². The first kappa shape index (κ1) is 23.9. The molecule has 0 amide bonds. The van der Waals surface area contributed by atoms with E-state index in [-0.39, 0.29) is 42.1 Å². The molecule has 2 aromatic carbocycles. The number of hydrogen-bond donors (Lipinski definition) is 2. The van der Waals surface area contributed by atoms with Crippen LogP contribution < -0.4 is 20.1 Å². The van der Waals surface area contributed by atoms with E-state index >= 15 is 0 Å². The van der Waals surface area contributed by atoms with Crippen molar-refractivity contribution in [2.75, 3.05) is 20.7 Å². The standard InChI is InChI=1S/C19H22F3N3O2.HI/c1-23-19(24-10-9-13-3-5-15(20)6-4-13)25-12-14-11-16(26-2)7-8-17(14)27-18(21)22;/h3-8,11,18H,9-10,12H2,1-2H3,(H2,23,24,25);1H. The highest BCUT2D eigenvalue weighted by Gasteiger charge is 2.11. The zero-order valence-corrected chi connectivity index (χ0v) is 17.9. The van der Waals surface area contributed by atoms with E-state index in [2.05, 4.69) is 20.4 Å². The van der Waals surface area contributed by atoms with E-state index in [1.165, 1.54) is 25.3 Å². The van der Waals surface area contributed by atoms with Crippen molar-refractivity contribution in [2.45, 2.75) is 19.6 Å². The lowest BCUT2D eigenvalue weighted by Crippen LogP contribution is -2.38. The first-order valence-corrected chi connectivity index (χ1v) is 8.32. The quantitative estimate of drug-likeness (QED) is 0.322. The zero-order chi connectivity index (χ0) is 19.6. The molecule has 28 heavy (non-hydrogen) atoms. The van der Waals surface area contributed by atoms with Crippen LogP contribution in [0.3, 0.4) is 0 Å². The van der Waals surface area contributed by atoms with Crippen LogP contribution in [0.4, 0.5) is 13.2 Å². The van der Waals surface area contributed by atoms with Crippen molar-refractivity contribution in [3.63, 3.8) is 0 Å². The Hall–Kier alpha value is -2.17. The third-order valence-electron chi connectivity index (χ3n) is 3.77. The van der Waals surface area contributed by atoms with E-state index in [0.29, 0.717) is 30.2 Å². The third kappa shape index (κ3) is 7.83. The smallest absolute Gasteiger partial charge is 0.387 e. The molecule has 0 aliphatic carbocycles. The number of guanidine groups is 1. The SMILES string of the molecule is CN=C(NCCc1ccc(F)cc1)NCc1cc(OC)ccc1OC(F)F.I. The van der Waals surface area contributed by atoms with Crippen molar-refractivity contribution >= 4 is 29.9 Å². The molecule has 0 saturated carbocycles. The molecule has 5 nitrogen and oxygen atoms in total. The number of rotatable bonds is 8. The van der Waals surface area contributed by atoms with Crippen molar-refractivity contribution in [2.24, 2.45) is 4.99 Å². The molecule has 9 heteroatoms. The summed E-state index contributed by atoms with van der Waals surface area (Å²) in [6.07, 6.45) is 0.680. The number of ether oxygens (including phenoxy) is 2. The second-order valence-corrected chi connectivity index (χ2v) is 5.58. The first-order chi connectivity index (χ1) is 13.0. The summed E-state index contributed by atoms with van der Waals surface area (Å²) in [5.74, 6) is 0.833. The summed E-state index contributed by atoms with van der Waals surface area (Å²) < 4.78 is 47.7. The van der Waals surface area contributed by atoms with Gasteiger partial charge in [-0.3, -0.25) is 4.99 Å².